The van der Waals surface area contributed by atoms with Crippen LogP contribution >= 0.6 is 0 Å². The first-order valence-corrected chi connectivity index (χ1v) is 10.2. The number of hydrogen-bond donors (Lipinski definition) is 0. The van der Waals surface area contributed by atoms with Crippen LogP contribution in [0.1, 0.15) is 17.3 Å². The second-order valence-corrected chi connectivity index (χ2v) is 8.82. The molecule has 0 saturated carbocycles. The summed E-state index contributed by atoms with van der Waals surface area (Å²) in [5, 5.41) is 0. The predicted octanol–water partition coefficient (Wildman–Crippen LogP) is 1.03. The van der Waals surface area contributed by atoms with E-state index in [0.29, 0.717) is 25.3 Å². The molecule has 0 aromatic heterocycles. The molecule has 1 unspecified atom stereocenters. The average molecular weight is 352 g/mol. The number of carbonyl (C=O) groups is 1. The lowest BCUT2D eigenvalue weighted by molar-refractivity contribution is 0.0751. The van der Waals surface area contributed by atoms with Crippen molar-refractivity contribution in [1.82, 2.24) is 4.90 Å². The quantitative estimate of drug-likeness (QED) is 0.795. The highest BCUT2D eigenvalue weighted by atomic mass is 32.2. The maximum absolute atomic E-state index is 13.0. The highest BCUT2D eigenvalue weighted by Gasteiger charge is 2.29. The molecule has 0 spiro atoms. The van der Waals surface area contributed by atoms with Crippen LogP contribution < -0.4 is 4.90 Å². The lowest BCUT2D eigenvalue weighted by Gasteiger charge is -2.31. The lowest BCUT2D eigenvalue weighted by atomic mass is 10.1. The maximum Gasteiger partial charge on any atom is 0.255 e. The number of amides is 1. The van der Waals surface area contributed by atoms with Crippen molar-refractivity contribution in [2.45, 2.75) is 6.92 Å². The van der Waals surface area contributed by atoms with Crippen LogP contribution in [0.15, 0.2) is 24.3 Å². The van der Waals surface area contributed by atoms with Gasteiger partial charge in [-0.3, -0.25) is 4.79 Å². The van der Waals surface area contributed by atoms with Gasteiger partial charge < -0.3 is 14.5 Å². The van der Waals surface area contributed by atoms with Gasteiger partial charge in [-0.25, -0.2) is 8.42 Å². The van der Waals surface area contributed by atoms with Crippen molar-refractivity contribution in [1.29, 1.82) is 0 Å². The molecule has 7 heteroatoms. The van der Waals surface area contributed by atoms with E-state index < -0.39 is 9.84 Å². The van der Waals surface area contributed by atoms with Crippen LogP contribution in [-0.2, 0) is 14.6 Å². The summed E-state index contributed by atoms with van der Waals surface area (Å²) in [6.45, 7) is 5.46. The molecular formula is C17H24N2O4S. The lowest BCUT2D eigenvalue weighted by Crippen LogP contribution is -2.39. The van der Waals surface area contributed by atoms with Crippen molar-refractivity contribution in [2.24, 2.45) is 5.92 Å². The number of benzene rings is 1. The summed E-state index contributed by atoms with van der Waals surface area (Å²) in [6.07, 6.45) is 0. The summed E-state index contributed by atoms with van der Waals surface area (Å²) in [7, 11) is -3.07. The van der Waals surface area contributed by atoms with Crippen LogP contribution in [0.4, 0.5) is 5.69 Å². The van der Waals surface area contributed by atoms with E-state index in [1.807, 2.05) is 31.2 Å². The Kier molecular flexibility index (Phi) is 5.10. The van der Waals surface area contributed by atoms with Crippen molar-refractivity contribution in [3.63, 3.8) is 0 Å². The number of sulfone groups is 1. The van der Waals surface area contributed by atoms with Gasteiger partial charge in [0.05, 0.1) is 30.3 Å². The summed E-state index contributed by atoms with van der Waals surface area (Å²) in [4.78, 5) is 16.9. The smallest absolute Gasteiger partial charge is 0.255 e. The zero-order valence-corrected chi connectivity index (χ0v) is 14.8. The Morgan fingerprint density at radius 3 is 2.62 bits per heavy atom. The van der Waals surface area contributed by atoms with Crippen LogP contribution in [-0.4, -0.2) is 70.1 Å². The summed E-state index contributed by atoms with van der Waals surface area (Å²) in [5.74, 6) is 0.0723. The van der Waals surface area contributed by atoms with Crippen LogP contribution in [0.3, 0.4) is 0 Å². The Morgan fingerprint density at radius 1 is 1.17 bits per heavy atom. The first-order chi connectivity index (χ1) is 11.5. The Balaban J connectivity index is 1.84. The molecule has 2 heterocycles. The number of nitrogens with zero attached hydrogens (tertiary/aromatic N) is 2. The first kappa shape index (κ1) is 17.2. The molecule has 2 aliphatic rings. The third kappa shape index (κ3) is 3.89. The molecule has 132 valence electrons. The van der Waals surface area contributed by atoms with E-state index in [-0.39, 0.29) is 29.9 Å². The zero-order valence-electron chi connectivity index (χ0n) is 14.0. The minimum atomic E-state index is -3.07. The fourth-order valence-electron chi connectivity index (χ4n) is 3.38. The minimum Gasteiger partial charge on any atom is -0.378 e. The molecule has 3 rings (SSSR count). The van der Waals surface area contributed by atoms with Gasteiger partial charge >= 0.3 is 0 Å². The average Bonchev–Trinajstić information content (AvgIpc) is 2.72. The second kappa shape index (κ2) is 7.11. The number of para-hydroxylation sites is 1. The van der Waals surface area contributed by atoms with Crippen LogP contribution in [0.25, 0.3) is 0 Å². The molecule has 0 N–H and O–H groups in total. The van der Waals surface area contributed by atoms with Crippen molar-refractivity contribution in [2.75, 3.05) is 55.8 Å². The van der Waals surface area contributed by atoms with Crippen molar-refractivity contribution < 1.29 is 17.9 Å². The van der Waals surface area contributed by atoms with E-state index in [1.54, 1.807) is 4.90 Å². The van der Waals surface area contributed by atoms with Gasteiger partial charge in [-0.05, 0) is 18.1 Å². The summed E-state index contributed by atoms with van der Waals surface area (Å²) in [6, 6.07) is 7.57. The molecule has 0 radical (unpaired) electrons. The Morgan fingerprint density at radius 2 is 1.88 bits per heavy atom. The molecule has 1 aromatic rings. The first-order valence-electron chi connectivity index (χ1n) is 8.38. The molecule has 1 amide bonds. The molecule has 6 nitrogen and oxygen atoms in total. The largest absolute Gasteiger partial charge is 0.378 e. The molecule has 2 fully saturated rings. The standard InChI is InChI=1S/C17H24N2O4S/c1-14-12-19(8-11-24(21,22)13-14)17(20)15-4-2-3-5-16(15)18-6-9-23-10-7-18/h2-5,14H,6-13H2,1H3. The predicted molar refractivity (Wildman–Crippen MR) is 93.2 cm³/mol. The molecule has 0 aliphatic carbocycles. The molecule has 1 aromatic carbocycles. The van der Waals surface area contributed by atoms with E-state index in [2.05, 4.69) is 4.90 Å². The summed E-state index contributed by atoms with van der Waals surface area (Å²) < 4.78 is 29.3. The SMILES string of the molecule is CC1CN(C(=O)c2ccccc2N2CCOCC2)CCS(=O)(=O)C1. The monoisotopic (exact) mass is 352 g/mol. The zero-order chi connectivity index (χ0) is 17.2. The number of morpholine rings is 1. The normalized spacial score (nSPS) is 24.5. The maximum atomic E-state index is 13.0. The van der Waals surface area contributed by atoms with E-state index in [0.717, 1.165) is 18.8 Å². The van der Waals surface area contributed by atoms with E-state index >= 15 is 0 Å². The topological polar surface area (TPSA) is 66.9 Å². The van der Waals surface area contributed by atoms with E-state index in [9.17, 15) is 13.2 Å². The molecular weight excluding hydrogens is 328 g/mol. The van der Waals surface area contributed by atoms with E-state index in [1.165, 1.54) is 0 Å². The van der Waals surface area contributed by atoms with Gasteiger partial charge in [-0.15, -0.1) is 0 Å². The Labute approximate surface area is 143 Å². The van der Waals surface area contributed by atoms with Crippen LogP contribution in [0.2, 0.25) is 0 Å². The molecule has 2 saturated heterocycles. The molecule has 24 heavy (non-hydrogen) atoms. The van der Waals surface area contributed by atoms with Gasteiger partial charge in [-0.1, -0.05) is 19.1 Å². The fraction of sp³-hybridized carbons (Fsp3) is 0.588. The Bertz CT molecular complexity index is 698. The van der Waals surface area contributed by atoms with Crippen molar-refractivity contribution >= 4 is 21.4 Å². The second-order valence-electron chi connectivity index (χ2n) is 6.59. The highest BCUT2D eigenvalue weighted by Crippen LogP contribution is 2.24. The van der Waals surface area contributed by atoms with Gasteiger partial charge in [0.1, 0.15) is 0 Å². The van der Waals surface area contributed by atoms with Crippen molar-refractivity contribution in [3.05, 3.63) is 29.8 Å². The third-order valence-corrected chi connectivity index (χ3v) is 6.40. The summed E-state index contributed by atoms with van der Waals surface area (Å²) >= 11 is 0. The van der Waals surface area contributed by atoms with Crippen LogP contribution in [0.5, 0.6) is 0 Å². The number of anilines is 1. The third-order valence-electron chi connectivity index (χ3n) is 4.52. The van der Waals surface area contributed by atoms with Crippen LogP contribution in [0, 0.1) is 5.92 Å². The van der Waals surface area contributed by atoms with E-state index in [4.69, 9.17) is 4.74 Å². The summed E-state index contributed by atoms with van der Waals surface area (Å²) in [5.41, 5.74) is 1.55. The van der Waals surface area contributed by atoms with Gasteiger partial charge in [0, 0.05) is 31.9 Å². The molecule has 0 bridgehead atoms. The molecule has 1 atom stereocenters. The van der Waals surface area contributed by atoms with Gasteiger partial charge in [0.2, 0.25) is 0 Å². The fourth-order valence-corrected chi connectivity index (χ4v) is 5.01. The number of carbonyl (C=O) groups excluding carboxylic acids is 1. The van der Waals surface area contributed by atoms with Crippen molar-refractivity contribution in [3.8, 4) is 0 Å². The van der Waals surface area contributed by atoms with Gasteiger partial charge in [0.25, 0.3) is 5.91 Å². The van der Waals surface area contributed by atoms with Gasteiger partial charge in [-0.2, -0.15) is 0 Å². The Hall–Kier alpha value is -1.60. The molecule has 2 aliphatic heterocycles. The highest BCUT2D eigenvalue weighted by molar-refractivity contribution is 7.91. The number of rotatable bonds is 2. The number of ether oxygens (including phenoxy) is 1. The van der Waals surface area contributed by atoms with Gasteiger partial charge in [0.15, 0.2) is 9.84 Å². The minimum absolute atomic E-state index is 0.0444. The number of hydrogen-bond acceptors (Lipinski definition) is 5.